The molecule has 1 aliphatic carbocycles. The Hall–Kier alpha value is -1.42. The third kappa shape index (κ3) is 2.78. The Balaban J connectivity index is 2.41. The summed E-state index contributed by atoms with van der Waals surface area (Å²) in [5.74, 6) is 0. The molecule has 0 aliphatic heterocycles. The van der Waals surface area contributed by atoms with E-state index in [1.807, 2.05) is 6.07 Å². The second-order valence-electron chi connectivity index (χ2n) is 4.66. The zero-order valence-electron chi connectivity index (χ0n) is 10.7. The van der Waals surface area contributed by atoms with Crippen molar-refractivity contribution in [3.05, 3.63) is 29.3 Å². The average molecular weight is 280 g/mol. The lowest BCUT2D eigenvalue weighted by molar-refractivity contribution is 0.250. The normalized spacial score (nSPS) is 15.5. The number of hydrogen-bond donors (Lipinski definition) is 1. The second kappa shape index (κ2) is 5.29. The minimum absolute atomic E-state index is 0.00666. The van der Waals surface area contributed by atoms with Gasteiger partial charge in [-0.2, -0.15) is 9.57 Å². The highest BCUT2D eigenvalue weighted by atomic mass is 32.2. The molecule has 0 spiro atoms. The van der Waals surface area contributed by atoms with Crippen molar-refractivity contribution in [3.63, 3.8) is 0 Å². The molecule has 1 aromatic rings. The van der Waals surface area contributed by atoms with Crippen molar-refractivity contribution in [2.75, 3.05) is 13.2 Å². The van der Waals surface area contributed by atoms with Crippen LogP contribution < -0.4 is 0 Å². The van der Waals surface area contributed by atoms with Crippen molar-refractivity contribution in [2.24, 2.45) is 0 Å². The molecule has 0 radical (unpaired) electrons. The van der Waals surface area contributed by atoms with Crippen molar-refractivity contribution in [1.82, 2.24) is 4.31 Å². The summed E-state index contributed by atoms with van der Waals surface area (Å²) in [4.78, 5) is 0.215. The Morgan fingerprint density at radius 3 is 2.63 bits per heavy atom. The summed E-state index contributed by atoms with van der Waals surface area (Å²) in [5, 5.41) is 17.8. The molecule has 5 nitrogen and oxygen atoms in total. The molecule has 0 bridgehead atoms. The molecule has 2 rings (SSSR count). The van der Waals surface area contributed by atoms with Crippen LogP contribution in [0.25, 0.3) is 0 Å². The van der Waals surface area contributed by atoms with Gasteiger partial charge in [0.25, 0.3) is 0 Å². The standard InChI is InChI=1S/C13H16N2O3S/c1-10-8-11(9-14)2-5-13(10)19(17,18)15(6-7-16)12-3-4-12/h2,5,8,12,16H,3-4,6-7H2,1H3. The lowest BCUT2D eigenvalue weighted by atomic mass is 10.2. The monoisotopic (exact) mass is 280 g/mol. The van der Waals surface area contributed by atoms with Crippen molar-refractivity contribution in [2.45, 2.75) is 30.7 Å². The average Bonchev–Trinajstić information content (AvgIpc) is 3.19. The first kappa shape index (κ1) is 14.0. The SMILES string of the molecule is Cc1cc(C#N)ccc1S(=O)(=O)N(CCO)C1CC1. The van der Waals surface area contributed by atoms with E-state index in [0.29, 0.717) is 11.1 Å². The van der Waals surface area contributed by atoms with Gasteiger partial charge in [0.1, 0.15) is 0 Å². The van der Waals surface area contributed by atoms with E-state index in [1.54, 1.807) is 13.0 Å². The van der Waals surface area contributed by atoms with Crippen molar-refractivity contribution in [3.8, 4) is 6.07 Å². The van der Waals surface area contributed by atoms with E-state index >= 15 is 0 Å². The van der Waals surface area contributed by atoms with Crippen LogP contribution >= 0.6 is 0 Å². The number of nitriles is 1. The van der Waals surface area contributed by atoms with Gasteiger partial charge >= 0.3 is 0 Å². The van der Waals surface area contributed by atoms with Crippen LogP contribution in [0, 0.1) is 18.3 Å². The zero-order chi connectivity index (χ0) is 14.0. The highest BCUT2D eigenvalue weighted by Gasteiger charge is 2.38. The Bertz CT molecular complexity index is 615. The second-order valence-corrected chi connectivity index (χ2v) is 6.52. The van der Waals surface area contributed by atoms with Gasteiger partial charge in [-0.05, 0) is 43.5 Å². The maximum Gasteiger partial charge on any atom is 0.243 e. The van der Waals surface area contributed by atoms with Crippen LogP contribution in [0.1, 0.15) is 24.0 Å². The molecule has 1 saturated carbocycles. The minimum atomic E-state index is -3.59. The number of nitrogens with zero attached hydrogens (tertiary/aromatic N) is 2. The maximum atomic E-state index is 12.6. The van der Waals surface area contributed by atoms with Crippen LogP contribution in [0.5, 0.6) is 0 Å². The number of hydrogen-bond acceptors (Lipinski definition) is 4. The lowest BCUT2D eigenvalue weighted by Gasteiger charge is -2.21. The quantitative estimate of drug-likeness (QED) is 0.872. The maximum absolute atomic E-state index is 12.6. The first-order valence-corrected chi connectivity index (χ1v) is 7.58. The summed E-state index contributed by atoms with van der Waals surface area (Å²) in [7, 11) is -3.59. The van der Waals surface area contributed by atoms with Gasteiger partial charge in [0, 0.05) is 12.6 Å². The molecule has 0 aromatic heterocycles. The van der Waals surface area contributed by atoms with Crippen LogP contribution in [-0.2, 0) is 10.0 Å². The molecule has 102 valence electrons. The highest BCUT2D eigenvalue weighted by Crippen LogP contribution is 2.32. The summed E-state index contributed by atoms with van der Waals surface area (Å²) in [6, 6.07) is 6.53. The van der Waals surface area contributed by atoms with Gasteiger partial charge in [-0.25, -0.2) is 8.42 Å². The molecular formula is C13H16N2O3S. The Morgan fingerprint density at radius 2 is 2.16 bits per heavy atom. The van der Waals surface area contributed by atoms with E-state index in [4.69, 9.17) is 10.4 Å². The van der Waals surface area contributed by atoms with Gasteiger partial charge in [0.05, 0.1) is 23.1 Å². The third-order valence-electron chi connectivity index (χ3n) is 3.17. The van der Waals surface area contributed by atoms with Crippen LogP contribution in [-0.4, -0.2) is 37.0 Å². The van der Waals surface area contributed by atoms with Gasteiger partial charge < -0.3 is 5.11 Å². The zero-order valence-corrected chi connectivity index (χ0v) is 11.5. The lowest BCUT2D eigenvalue weighted by Crippen LogP contribution is -2.35. The highest BCUT2D eigenvalue weighted by molar-refractivity contribution is 7.89. The van der Waals surface area contributed by atoms with Gasteiger partial charge in [0.2, 0.25) is 10.0 Å². The summed E-state index contributed by atoms with van der Waals surface area (Å²) < 4.78 is 26.5. The molecule has 1 N–H and O–H groups in total. The predicted molar refractivity (Wildman–Crippen MR) is 69.9 cm³/mol. The minimum Gasteiger partial charge on any atom is -0.395 e. The van der Waals surface area contributed by atoms with Crippen LogP contribution in [0.3, 0.4) is 0 Å². The Labute approximate surface area is 113 Å². The number of aliphatic hydroxyl groups excluding tert-OH is 1. The molecule has 0 saturated heterocycles. The van der Waals surface area contributed by atoms with E-state index in [2.05, 4.69) is 0 Å². The van der Waals surface area contributed by atoms with Gasteiger partial charge in [-0.3, -0.25) is 0 Å². The third-order valence-corrected chi connectivity index (χ3v) is 5.28. The first-order valence-electron chi connectivity index (χ1n) is 6.14. The van der Waals surface area contributed by atoms with Crippen molar-refractivity contribution >= 4 is 10.0 Å². The molecule has 1 aromatic carbocycles. The fraction of sp³-hybridized carbons (Fsp3) is 0.462. The Morgan fingerprint density at radius 1 is 1.47 bits per heavy atom. The summed E-state index contributed by atoms with van der Waals surface area (Å²) in [5.41, 5.74) is 0.999. The van der Waals surface area contributed by atoms with E-state index < -0.39 is 10.0 Å². The fourth-order valence-electron chi connectivity index (χ4n) is 2.09. The molecule has 0 unspecified atom stereocenters. The van der Waals surface area contributed by atoms with E-state index in [9.17, 15) is 8.42 Å². The largest absolute Gasteiger partial charge is 0.395 e. The first-order chi connectivity index (χ1) is 9.00. The van der Waals surface area contributed by atoms with Gasteiger partial charge in [-0.1, -0.05) is 0 Å². The number of rotatable bonds is 5. The number of aryl methyl sites for hydroxylation is 1. The number of sulfonamides is 1. The summed E-state index contributed by atoms with van der Waals surface area (Å²) in [6.07, 6.45) is 1.68. The van der Waals surface area contributed by atoms with Crippen LogP contribution in [0.2, 0.25) is 0 Å². The molecule has 19 heavy (non-hydrogen) atoms. The summed E-state index contributed by atoms with van der Waals surface area (Å²) in [6.45, 7) is 1.61. The number of aliphatic hydroxyl groups is 1. The van der Waals surface area contributed by atoms with Crippen LogP contribution in [0.15, 0.2) is 23.1 Å². The van der Waals surface area contributed by atoms with E-state index in [0.717, 1.165) is 12.8 Å². The molecule has 0 atom stereocenters. The predicted octanol–water partition coefficient (Wildman–Crippen LogP) is 1.01. The smallest absolute Gasteiger partial charge is 0.243 e. The van der Waals surface area contributed by atoms with Crippen molar-refractivity contribution < 1.29 is 13.5 Å². The fourth-order valence-corrected chi connectivity index (χ4v) is 3.98. The van der Waals surface area contributed by atoms with E-state index in [-0.39, 0.29) is 24.1 Å². The summed E-state index contributed by atoms with van der Waals surface area (Å²) >= 11 is 0. The van der Waals surface area contributed by atoms with Gasteiger partial charge in [-0.15, -0.1) is 0 Å². The Kier molecular flexibility index (Phi) is 3.90. The van der Waals surface area contributed by atoms with Crippen LogP contribution in [0.4, 0.5) is 0 Å². The van der Waals surface area contributed by atoms with Gasteiger partial charge in [0.15, 0.2) is 0 Å². The topological polar surface area (TPSA) is 81.4 Å². The molecule has 0 heterocycles. The molecule has 6 heteroatoms. The molecular weight excluding hydrogens is 264 g/mol. The molecule has 1 aliphatic rings. The molecule has 0 amide bonds. The number of benzene rings is 1. The van der Waals surface area contributed by atoms with Crippen molar-refractivity contribution in [1.29, 1.82) is 5.26 Å². The van der Waals surface area contributed by atoms with E-state index in [1.165, 1.54) is 16.4 Å². The molecule has 1 fully saturated rings.